The number of hydrogen-bond donors (Lipinski definition) is 0. The molecule has 1 aromatic carbocycles. The monoisotopic (exact) mass is 281 g/mol. The number of nitro benzene ring substituents is 1. The Bertz CT molecular complexity index is 598. The Morgan fingerprint density at radius 2 is 2.32 bits per heavy atom. The van der Waals surface area contributed by atoms with E-state index in [1.54, 1.807) is 6.20 Å². The van der Waals surface area contributed by atoms with Crippen molar-refractivity contribution in [2.45, 2.75) is 6.42 Å². The summed E-state index contributed by atoms with van der Waals surface area (Å²) in [6, 6.07) is 4.24. The van der Waals surface area contributed by atoms with Crippen LogP contribution in [0.4, 0.5) is 5.69 Å². The molecule has 100 valence electrons. The Labute approximate surface area is 114 Å². The SMILES string of the molecule is Cn1ccnc1CCOc1cc(Cl)ccc1[N+](=O)[O-]. The number of hydrogen-bond acceptors (Lipinski definition) is 4. The molecule has 0 N–H and O–H groups in total. The second kappa shape index (κ2) is 5.71. The number of benzene rings is 1. The van der Waals surface area contributed by atoms with Crippen LogP contribution in [0.2, 0.25) is 5.02 Å². The highest BCUT2D eigenvalue weighted by Crippen LogP contribution is 2.29. The number of imidazole rings is 1. The first-order valence-electron chi connectivity index (χ1n) is 5.61. The van der Waals surface area contributed by atoms with Gasteiger partial charge in [0.1, 0.15) is 5.82 Å². The molecule has 0 spiro atoms. The molecule has 0 aliphatic carbocycles. The van der Waals surface area contributed by atoms with Gasteiger partial charge in [-0.3, -0.25) is 10.1 Å². The van der Waals surface area contributed by atoms with E-state index >= 15 is 0 Å². The van der Waals surface area contributed by atoms with Crippen LogP contribution in [-0.4, -0.2) is 21.1 Å². The first kappa shape index (κ1) is 13.4. The number of halogens is 1. The van der Waals surface area contributed by atoms with E-state index in [1.165, 1.54) is 18.2 Å². The lowest BCUT2D eigenvalue weighted by molar-refractivity contribution is -0.385. The topological polar surface area (TPSA) is 70.2 Å². The maximum atomic E-state index is 10.8. The van der Waals surface area contributed by atoms with Crippen LogP contribution in [0.5, 0.6) is 5.75 Å². The highest BCUT2D eigenvalue weighted by Gasteiger charge is 2.15. The molecule has 7 heteroatoms. The molecule has 0 unspecified atom stereocenters. The van der Waals surface area contributed by atoms with Gasteiger partial charge in [-0.25, -0.2) is 4.98 Å². The number of aryl methyl sites for hydroxylation is 1. The standard InChI is InChI=1S/C12H12ClN3O3/c1-15-6-5-14-12(15)4-7-19-11-8-9(13)2-3-10(11)16(17)18/h2-3,5-6,8H,4,7H2,1H3. The Kier molecular flexibility index (Phi) is 4.01. The highest BCUT2D eigenvalue weighted by molar-refractivity contribution is 6.30. The summed E-state index contributed by atoms with van der Waals surface area (Å²) >= 11 is 5.81. The maximum absolute atomic E-state index is 10.8. The number of nitro groups is 1. The van der Waals surface area contributed by atoms with Crippen molar-refractivity contribution in [3.8, 4) is 5.75 Å². The smallest absolute Gasteiger partial charge is 0.311 e. The second-order valence-electron chi connectivity index (χ2n) is 3.92. The van der Waals surface area contributed by atoms with E-state index < -0.39 is 4.92 Å². The van der Waals surface area contributed by atoms with Crippen LogP contribution in [0.3, 0.4) is 0 Å². The van der Waals surface area contributed by atoms with Crippen LogP contribution in [-0.2, 0) is 13.5 Å². The molecule has 1 heterocycles. The van der Waals surface area contributed by atoms with E-state index in [1.807, 2.05) is 17.8 Å². The third-order valence-electron chi connectivity index (χ3n) is 2.62. The number of ether oxygens (including phenoxy) is 1. The molecule has 0 saturated carbocycles. The van der Waals surface area contributed by atoms with Gasteiger partial charge in [0.15, 0.2) is 5.75 Å². The summed E-state index contributed by atoms with van der Waals surface area (Å²) in [5.41, 5.74) is -0.0933. The molecule has 0 amide bonds. The molecule has 2 rings (SSSR count). The molecule has 0 saturated heterocycles. The summed E-state index contributed by atoms with van der Waals surface area (Å²) in [5, 5.41) is 11.2. The van der Waals surface area contributed by atoms with Gasteiger partial charge in [0.05, 0.1) is 11.5 Å². The molecule has 6 nitrogen and oxygen atoms in total. The van der Waals surface area contributed by atoms with Gasteiger partial charge in [-0.05, 0) is 6.07 Å². The maximum Gasteiger partial charge on any atom is 0.311 e. The van der Waals surface area contributed by atoms with E-state index in [0.717, 1.165) is 5.82 Å². The molecule has 0 aliphatic heterocycles. The number of nitrogens with zero attached hydrogens (tertiary/aromatic N) is 3. The third kappa shape index (κ3) is 3.23. The van der Waals surface area contributed by atoms with Crippen molar-refractivity contribution in [1.29, 1.82) is 0 Å². The third-order valence-corrected chi connectivity index (χ3v) is 2.86. The second-order valence-corrected chi connectivity index (χ2v) is 4.36. The summed E-state index contributed by atoms with van der Waals surface area (Å²) in [5.74, 6) is 1.02. The van der Waals surface area contributed by atoms with Crippen LogP contribution >= 0.6 is 11.6 Å². The molecule has 0 bridgehead atoms. The van der Waals surface area contributed by atoms with E-state index in [2.05, 4.69) is 4.98 Å². The van der Waals surface area contributed by atoms with Gasteiger partial charge in [0.25, 0.3) is 0 Å². The molecule has 0 fully saturated rings. The van der Waals surface area contributed by atoms with Crippen LogP contribution in [0, 0.1) is 10.1 Å². The van der Waals surface area contributed by atoms with Crippen LogP contribution in [0.15, 0.2) is 30.6 Å². The van der Waals surface area contributed by atoms with Crippen molar-refractivity contribution in [1.82, 2.24) is 9.55 Å². The zero-order valence-electron chi connectivity index (χ0n) is 10.2. The summed E-state index contributed by atoms with van der Waals surface area (Å²) < 4.78 is 7.30. The fourth-order valence-electron chi connectivity index (χ4n) is 1.64. The molecular weight excluding hydrogens is 270 g/mol. The Balaban J connectivity index is 2.05. The van der Waals surface area contributed by atoms with Crippen molar-refractivity contribution in [2.75, 3.05) is 6.61 Å². The lowest BCUT2D eigenvalue weighted by atomic mass is 10.3. The molecular formula is C12H12ClN3O3. The van der Waals surface area contributed by atoms with Crippen LogP contribution in [0.1, 0.15) is 5.82 Å². The molecule has 1 aromatic heterocycles. The largest absolute Gasteiger partial charge is 0.486 e. The lowest BCUT2D eigenvalue weighted by Gasteiger charge is -2.07. The van der Waals surface area contributed by atoms with E-state index in [0.29, 0.717) is 18.1 Å². The zero-order valence-corrected chi connectivity index (χ0v) is 11.0. The van der Waals surface area contributed by atoms with Gasteiger partial charge >= 0.3 is 5.69 Å². The molecule has 2 aromatic rings. The zero-order chi connectivity index (χ0) is 13.8. The minimum atomic E-state index is -0.494. The summed E-state index contributed by atoms with van der Waals surface area (Å²) in [7, 11) is 1.88. The van der Waals surface area contributed by atoms with E-state index in [9.17, 15) is 10.1 Å². The predicted molar refractivity (Wildman–Crippen MR) is 70.5 cm³/mol. The highest BCUT2D eigenvalue weighted by atomic mass is 35.5. The molecule has 0 radical (unpaired) electrons. The summed E-state index contributed by atoms with van der Waals surface area (Å²) in [6.07, 6.45) is 4.08. The summed E-state index contributed by atoms with van der Waals surface area (Å²) in [4.78, 5) is 14.5. The number of rotatable bonds is 5. The molecule has 0 atom stereocenters. The molecule has 19 heavy (non-hydrogen) atoms. The van der Waals surface area contributed by atoms with Gasteiger partial charge in [0, 0.05) is 43.0 Å². The first-order chi connectivity index (χ1) is 9.08. The van der Waals surface area contributed by atoms with Crippen molar-refractivity contribution in [3.63, 3.8) is 0 Å². The van der Waals surface area contributed by atoms with Crippen molar-refractivity contribution in [3.05, 3.63) is 51.6 Å². The van der Waals surface area contributed by atoms with Gasteiger partial charge < -0.3 is 9.30 Å². The van der Waals surface area contributed by atoms with Crippen molar-refractivity contribution < 1.29 is 9.66 Å². The number of aromatic nitrogens is 2. The molecule has 0 aliphatic rings. The Morgan fingerprint density at radius 1 is 1.53 bits per heavy atom. The summed E-state index contributed by atoms with van der Waals surface area (Å²) in [6.45, 7) is 0.298. The normalized spacial score (nSPS) is 10.4. The average molecular weight is 282 g/mol. The predicted octanol–water partition coefficient (Wildman–Crippen LogP) is 2.60. The van der Waals surface area contributed by atoms with E-state index in [-0.39, 0.29) is 11.4 Å². The Morgan fingerprint density at radius 3 is 2.95 bits per heavy atom. The van der Waals surface area contributed by atoms with Crippen molar-refractivity contribution >= 4 is 17.3 Å². The van der Waals surface area contributed by atoms with Crippen LogP contribution in [0.25, 0.3) is 0 Å². The van der Waals surface area contributed by atoms with Gasteiger partial charge in [-0.1, -0.05) is 11.6 Å². The fourth-order valence-corrected chi connectivity index (χ4v) is 1.81. The minimum Gasteiger partial charge on any atom is -0.486 e. The lowest BCUT2D eigenvalue weighted by Crippen LogP contribution is -2.07. The van der Waals surface area contributed by atoms with Crippen molar-refractivity contribution in [2.24, 2.45) is 7.05 Å². The minimum absolute atomic E-state index is 0.0933. The average Bonchev–Trinajstić information content (AvgIpc) is 2.75. The van der Waals surface area contributed by atoms with Gasteiger partial charge in [0.2, 0.25) is 0 Å². The Hall–Kier alpha value is -2.08. The van der Waals surface area contributed by atoms with Crippen LogP contribution < -0.4 is 4.74 Å². The van der Waals surface area contributed by atoms with E-state index in [4.69, 9.17) is 16.3 Å². The van der Waals surface area contributed by atoms with Gasteiger partial charge in [-0.2, -0.15) is 0 Å². The van der Waals surface area contributed by atoms with Gasteiger partial charge in [-0.15, -0.1) is 0 Å². The fraction of sp³-hybridized carbons (Fsp3) is 0.250. The quantitative estimate of drug-likeness (QED) is 0.624. The first-order valence-corrected chi connectivity index (χ1v) is 5.98.